The van der Waals surface area contributed by atoms with Crippen molar-refractivity contribution in [2.24, 2.45) is 0 Å². The number of para-hydroxylation sites is 1. The summed E-state index contributed by atoms with van der Waals surface area (Å²) in [5.74, 6) is 2.18. The van der Waals surface area contributed by atoms with Crippen LogP contribution in [0.4, 0.5) is 10.5 Å². The van der Waals surface area contributed by atoms with E-state index in [4.69, 9.17) is 14.2 Å². The zero-order chi connectivity index (χ0) is 23.1. The number of aryl methyl sites for hydroxylation is 1. The van der Waals surface area contributed by atoms with E-state index in [0.29, 0.717) is 36.9 Å². The molecular formula is C27H28N2O4S. The molecule has 3 aromatic rings. The van der Waals surface area contributed by atoms with Gasteiger partial charge in [-0.05, 0) is 61.4 Å². The number of benzene rings is 2. The summed E-state index contributed by atoms with van der Waals surface area (Å²) in [6.45, 7) is 1.72. The van der Waals surface area contributed by atoms with Gasteiger partial charge in [0.1, 0.15) is 19.0 Å². The Morgan fingerprint density at radius 3 is 2.74 bits per heavy atom. The van der Waals surface area contributed by atoms with E-state index in [9.17, 15) is 4.79 Å². The molecule has 0 unspecified atom stereocenters. The molecule has 2 aromatic carbocycles. The number of carbonyl (C=O) groups is 1. The van der Waals surface area contributed by atoms with Crippen LogP contribution in [-0.4, -0.2) is 37.8 Å². The zero-order valence-corrected chi connectivity index (χ0v) is 20.1. The number of urea groups is 1. The molecule has 1 N–H and O–H groups in total. The van der Waals surface area contributed by atoms with Gasteiger partial charge in [0, 0.05) is 33.6 Å². The van der Waals surface area contributed by atoms with Gasteiger partial charge in [-0.25, -0.2) is 4.79 Å². The smallest absolute Gasteiger partial charge is 0.322 e. The van der Waals surface area contributed by atoms with Gasteiger partial charge in [0.05, 0.1) is 13.2 Å². The van der Waals surface area contributed by atoms with Crippen molar-refractivity contribution in [3.8, 4) is 17.2 Å². The summed E-state index contributed by atoms with van der Waals surface area (Å²) in [6, 6.07) is 13.3. The average Bonchev–Trinajstić information content (AvgIpc) is 3.27. The number of nitrogens with one attached hydrogen (secondary N) is 1. The Kier molecular flexibility index (Phi) is 5.57. The van der Waals surface area contributed by atoms with Crippen molar-refractivity contribution in [3.63, 3.8) is 0 Å². The highest BCUT2D eigenvalue weighted by Gasteiger charge is 2.37. The Labute approximate surface area is 203 Å². The number of hydrogen-bond donors (Lipinski definition) is 1. The van der Waals surface area contributed by atoms with Gasteiger partial charge in [0.15, 0.2) is 11.5 Å². The lowest BCUT2D eigenvalue weighted by atomic mass is 9.88. The Morgan fingerprint density at radius 2 is 1.85 bits per heavy atom. The van der Waals surface area contributed by atoms with Gasteiger partial charge in [0.25, 0.3) is 0 Å². The monoisotopic (exact) mass is 476 g/mol. The largest absolute Gasteiger partial charge is 0.496 e. The third-order valence-corrected chi connectivity index (χ3v) is 8.35. The molecule has 0 spiro atoms. The number of carbonyl (C=O) groups excluding carboxylic acids is 1. The maximum Gasteiger partial charge on any atom is 0.322 e. The molecule has 6 nitrogen and oxygen atoms in total. The van der Waals surface area contributed by atoms with Gasteiger partial charge < -0.3 is 24.4 Å². The van der Waals surface area contributed by atoms with Crippen LogP contribution in [-0.2, 0) is 19.3 Å². The van der Waals surface area contributed by atoms with Gasteiger partial charge in [-0.15, -0.1) is 11.3 Å². The van der Waals surface area contributed by atoms with E-state index in [2.05, 4.69) is 11.4 Å². The first-order valence-corrected chi connectivity index (χ1v) is 12.8. The fourth-order valence-electron chi connectivity index (χ4n) is 5.39. The first kappa shape index (κ1) is 21.4. The van der Waals surface area contributed by atoms with Crippen molar-refractivity contribution >= 4 is 23.1 Å². The molecule has 0 fully saturated rings. The normalized spacial score (nSPS) is 18.6. The SMILES string of the molecule is COc1ccccc1[C@@H]1c2sc3c(c2CCN1C(=O)Nc1ccc2c(c1)OCCO2)CCCC3. The lowest BCUT2D eigenvalue weighted by Crippen LogP contribution is -2.42. The number of rotatable bonds is 3. The van der Waals surface area contributed by atoms with Crippen LogP contribution in [0, 0.1) is 0 Å². The van der Waals surface area contributed by atoms with Crippen molar-refractivity contribution in [2.45, 2.75) is 38.1 Å². The number of ether oxygens (including phenoxy) is 3. The van der Waals surface area contributed by atoms with Crippen molar-refractivity contribution in [1.82, 2.24) is 4.90 Å². The highest BCUT2D eigenvalue weighted by atomic mass is 32.1. The maximum atomic E-state index is 13.7. The molecule has 3 aliphatic rings. The molecule has 2 amide bonds. The second kappa shape index (κ2) is 8.87. The van der Waals surface area contributed by atoms with Crippen LogP contribution in [0.5, 0.6) is 17.2 Å². The van der Waals surface area contributed by atoms with Crippen LogP contribution in [0.1, 0.15) is 45.3 Å². The molecule has 3 heterocycles. The quantitative estimate of drug-likeness (QED) is 0.536. The van der Waals surface area contributed by atoms with E-state index < -0.39 is 0 Å². The minimum atomic E-state index is -0.173. The van der Waals surface area contributed by atoms with Crippen molar-refractivity contribution in [2.75, 3.05) is 32.2 Å². The van der Waals surface area contributed by atoms with Crippen molar-refractivity contribution < 1.29 is 19.0 Å². The summed E-state index contributed by atoms with van der Waals surface area (Å²) in [4.78, 5) is 18.4. The third-order valence-electron chi connectivity index (χ3n) is 6.96. The van der Waals surface area contributed by atoms with Crippen LogP contribution in [0.2, 0.25) is 0 Å². The molecule has 0 saturated heterocycles. The molecular weight excluding hydrogens is 448 g/mol. The fraction of sp³-hybridized carbons (Fsp3) is 0.370. The summed E-state index contributed by atoms with van der Waals surface area (Å²) >= 11 is 1.89. The predicted octanol–water partition coefficient (Wildman–Crippen LogP) is 5.59. The number of hydrogen-bond acceptors (Lipinski definition) is 5. The number of thiophene rings is 1. The van der Waals surface area contributed by atoms with E-state index >= 15 is 0 Å². The average molecular weight is 477 g/mol. The van der Waals surface area contributed by atoms with Crippen LogP contribution >= 0.6 is 11.3 Å². The molecule has 1 aliphatic carbocycles. The summed E-state index contributed by atoms with van der Waals surface area (Å²) in [5, 5.41) is 3.11. The lowest BCUT2D eigenvalue weighted by molar-refractivity contribution is 0.171. The van der Waals surface area contributed by atoms with Gasteiger partial charge >= 0.3 is 6.03 Å². The summed E-state index contributed by atoms with van der Waals surface area (Å²) in [5.41, 5.74) is 4.73. The molecule has 7 heteroatoms. The number of nitrogens with zero attached hydrogens (tertiary/aromatic N) is 1. The molecule has 0 saturated carbocycles. The Hall–Kier alpha value is -3.19. The lowest BCUT2D eigenvalue weighted by Gasteiger charge is -2.37. The summed E-state index contributed by atoms with van der Waals surface area (Å²) < 4.78 is 17.1. The van der Waals surface area contributed by atoms with Crippen LogP contribution in [0.25, 0.3) is 0 Å². The van der Waals surface area contributed by atoms with E-state index in [0.717, 1.165) is 30.6 Å². The van der Waals surface area contributed by atoms with E-state index in [1.54, 1.807) is 7.11 Å². The summed E-state index contributed by atoms with van der Waals surface area (Å²) in [6.07, 6.45) is 5.70. The Bertz CT molecular complexity index is 1240. The Balaban J connectivity index is 1.37. The third kappa shape index (κ3) is 3.68. The number of amides is 2. The summed E-state index contributed by atoms with van der Waals surface area (Å²) in [7, 11) is 1.70. The van der Waals surface area contributed by atoms with Crippen LogP contribution in [0.15, 0.2) is 42.5 Å². The zero-order valence-electron chi connectivity index (χ0n) is 19.3. The van der Waals surface area contributed by atoms with Crippen molar-refractivity contribution in [1.29, 1.82) is 0 Å². The number of anilines is 1. The van der Waals surface area contributed by atoms with E-state index in [-0.39, 0.29) is 12.1 Å². The first-order valence-electron chi connectivity index (χ1n) is 12.0. The second-order valence-corrected chi connectivity index (χ2v) is 10.1. The molecule has 2 aliphatic heterocycles. The number of methoxy groups -OCH3 is 1. The first-order chi connectivity index (χ1) is 16.7. The second-order valence-electron chi connectivity index (χ2n) is 8.93. The van der Waals surface area contributed by atoms with E-state index in [1.165, 1.54) is 33.7 Å². The Morgan fingerprint density at radius 1 is 1.03 bits per heavy atom. The minimum absolute atomic E-state index is 0.121. The van der Waals surface area contributed by atoms with E-state index in [1.807, 2.05) is 52.6 Å². The standard InChI is InChI=1S/C27H28N2O4S/c1-31-21-8-4-2-7-20(21)25-26-19(18-6-3-5-9-24(18)34-26)12-13-29(25)27(30)28-17-10-11-22-23(16-17)33-15-14-32-22/h2,4,7-8,10-11,16,25H,3,5-6,9,12-15H2,1H3,(H,28,30)/t25-/m1/s1. The maximum absolute atomic E-state index is 13.7. The number of fused-ring (bicyclic) bond motifs is 4. The van der Waals surface area contributed by atoms with Crippen LogP contribution in [0.3, 0.4) is 0 Å². The van der Waals surface area contributed by atoms with Gasteiger partial charge in [-0.1, -0.05) is 18.2 Å². The predicted molar refractivity (Wildman–Crippen MR) is 133 cm³/mol. The molecule has 0 radical (unpaired) electrons. The molecule has 0 bridgehead atoms. The molecule has 1 atom stereocenters. The van der Waals surface area contributed by atoms with Gasteiger partial charge in [-0.3, -0.25) is 0 Å². The molecule has 6 rings (SSSR count). The topological polar surface area (TPSA) is 60.0 Å². The fourth-order valence-corrected chi connectivity index (χ4v) is 6.96. The molecule has 176 valence electrons. The molecule has 1 aromatic heterocycles. The minimum Gasteiger partial charge on any atom is -0.496 e. The van der Waals surface area contributed by atoms with Crippen molar-refractivity contribution in [3.05, 3.63) is 68.9 Å². The molecule has 34 heavy (non-hydrogen) atoms. The van der Waals surface area contributed by atoms with Gasteiger partial charge in [-0.2, -0.15) is 0 Å². The van der Waals surface area contributed by atoms with Crippen LogP contribution < -0.4 is 19.5 Å². The highest BCUT2D eigenvalue weighted by molar-refractivity contribution is 7.12. The van der Waals surface area contributed by atoms with Gasteiger partial charge in [0.2, 0.25) is 0 Å². The highest BCUT2D eigenvalue weighted by Crippen LogP contribution is 2.47.